The van der Waals surface area contributed by atoms with Gasteiger partial charge in [-0.25, -0.2) is 15.0 Å². The van der Waals surface area contributed by atoms with E-state index in [1.54, 1.807) is 11.3 Å². The van der Waals surface area contributed by atoms with Gasteiger partial charge in [0, 0.05) is 29.6 Å². The third kappa shape index (κ3) is 3.39. The Hall–Kier alpha value is -1.53. The zero-order chi connectivity index (χ0) is 14.8. The van der Waals surface area contributed by atoms with Crippen LogP contribution in [0.25, 0.3) is 0 Å². The molecule has 1 aliphatic heterocycles. The van der Waals surface area contributed by atoms with Gasteiger partial charge in [0.25, 0.3) is 0 Å². The largest absolute Gasteiger partial charge is 0.316 e. The van der Waals surface area contributed by atoms with Crippen molar-refractivity contribution >= 4 is 22.3 Å². The van der Waals surface area contributed by atoms with Crippen LogP contribution in [-0.4, -0.2) is 39.5 Å². The number of nitrogens with one attached hydrogen (secondary N) is 1. The number of anilines is 2. The maximum absolute atomic E-state index is 4.64. The molecule has 1 aliphatic rings. The molecule has 2 aromatic heterocycles. The van der Waals surface area contributed by atoms with Crippen LogP contribution in [0.1, 0.15) is 35.7 Å². The normalized spacial score (nSPS) is 19.1. The molecule has 5 nitrogen and oxygen atoms in total. The topological polar surface area (TPSA) is 53.9 Å². The van der Waals surface area contributed by atoms with Gasteiger partial charge in [-0.15, -0.1) is 11.3 Å². The molecule has 1 saturated heterocycles. The fourth-order valence-corrected chi connectivity index (χ4v) is 3.42. The van der Waals surface area contributed by atoms with E-state index in [-0.39, 0.29) is 0 Å². The summed E-state index contributed by atoms with van der Waals surface area (Å²) < 4.78 is 0. The molecule has 1 atom stereocenters. The van der Waals surface area contributed by atoms with Crippen LogP contribution in [-0.2, 0) is 0 Å². The van der Waals surface area contributed by atoms with E-state index in [4.69, 9.17) is 0 Å². The van der Waals surface area contributed by atoms with Crippen LogP contribution < -0.4 is 5.32 Å². The highest BCUT2D eigenvalue weighted by molar-refractivity contribution is 7.15. The van der Waals surface area contributed by atoms with Crippen LogP contribution in [0.15, 0.2) is 12.3 Å². The van der Waals surface area contributed by atoms with Gasteiger partial charge in [-0.2, -0.15) is 0 Å². The molecule has 3 heterocycles. The molecule has 112 valence electrons. The van der Waals surface area contributed by atoms with Crippen molar-refractivity contribution in [2.45, 2.75) is 33.1 Å². The zero-order valence-corrected chi connectivity index (χ0v) is 13.6. The van der Waals surface area contributed by atoms with Crippen LogP contribution >= 0.6 is 11.3 Å². The quantitative estimate of drug-likeness (QED) is 0.940. The SMILES string of the molecule is CCN1CC[C@H](c2cc(Nc3ncc(C)s3)nc(C)n2)C1. The van der Waals surface area contributed by atoms with Crippen molar-refractivity contribution in [1.82, 2.24) is 19.9 Å². The Bertz CT molecular complexity index is 624. The summed E-state index contributed by atoms with van der Waals surface area (Å²) in [5.41, 5.74) is 1.15. The summed E-state index contributed by atoms with van der Waals surface area (Å²) in [5.74, 6) is 2.19. The number of rotatable bonds is 4. The Morgan fingerprint density at radius 3 is 2.90 bits per heavy atom. The van der Waals surface area contributed by atoms with Crippen molar-refractivity contribution in [2.24, 2.45) is 0 Å². The average Bonchev–Trinajstić information content (AvgIpc) is 3.07. The molecule has 2 aromatic rings. The molecule has 0 aromatic carbocycles. The second-order valence-corrected chi connectivity index (χ2v) is 6.74. The van der Waals surface area contributed by atoms with Gasteiger partial charge >= 0.3 is 0 Å². The van der Waals surface area contributed by atoms with Crippen LogP contribution in [0.4, 0.5) is 10.9 Å². The van der Waals surface area contributed by atoms with Crippen molar-refractivity contribution in [1.29, 1.82) is 0 Å². The summed E-state index contributed by atoms with van der Waals surface area (Å²) in [6.45, 7) is 9.60. The fraction of sp³-hybridized carbons (Fsp3) is 0.533. The Kier molecular flexibility index (Phi) is 4.17. The van der Waals surface area contributed by atoms with Gasteiger partial charge in [0.2, 0.25) is 0 Å². The molecular weight excluding hydrogens is 282 g/mol. The highest BCUT2D eigenvalue weighted by atomic mass is 32.1. The van der Waals surface area contributed by atoms with E-state index < -0.39 is 0 Å². The lowest BCUT2D eigenvalue weighted by Gasteiger charge is -2.14. The molecule has 6 heteroatoms. The van der Waals surface area contributed by atoms with Crippen molar-refractivity contribution in [3.63, 3.8) is 0 Å². The number of hydrogen-bond acceptors (Lipinski definition) is 6. The van der Waals surface area contributed by atoms with Crippen molar-refractivity contribution in [3.8, 4) is 0 Å². The van der Waals surface area contributed by atoms with Gasteiger partial charge in [-0.05, 0) is 33.4 Å². The molecule has 1 fully saturated rings. The Morgan fingerprint density at radius 1 is 1.38 bits per heavy atom. The summed E-state index contributed by atoms with van der Waals surface area (Å²) in [4.78, 5) is 17.1. The number of nitrogens with zero attached hydrogens (tertiary/aromatic N) is 4. The first-order valence-corrected chi connectivity index (χ1v) is 8.23. The van der Waals surface area contributed by atoms with Gasteiger partial charge in [-0.3, -0.25) is 0 Å². The minimum absolute atomic E-state index is 0.519. The second kappa shape index (κ2) is 6.07. The maximum atomic E-state index is 4.64. The number of aryl methyl sites for hydroxylation is 2. The monoisotopic (exact) mass is 303 g/mol. The number of hydrogen-bond donors (Lipinski definition) is 1. The van der Waals surface area contributed by atoms with E-state index in [1.165, 1.54) is 17.8 Å². The lowest BCUT2D eigenvalue weighted by Crippen LogP contribution is -2.19. The number of likely N-dealkylation sites (tertiary alicyclic amines) is 1. The number of thiazole rings is 1. The predicted octanol–water partition coefficient (Wildman–Crippen LogP) is 3.10. The van der Waals surface area contributed by atoms with Gasteiger partial charge in [-0.1, -0.05) is 6.92 Å². The highest BCUT2D eigenvalue weighted by Gasteiger charge is 2.24. The fourth-order valence-electron chi connectivity index (χ4n) is 2.75. The first-order chi connectivity index (χ1) is 10.1. The lowest BCUT2D eigenvalue weighted by molar-refractivity contribution is 0.353. The number of aromatic nitrogens is 3. The molecule has 0 bridgehead atoms. The van der Waals surface area contributed by atoms with E-state index in [2.05, 4.69) is 45.1 Å². The van der Waals surface area contributed by atoms with Crippen LogP contribution in [0.3, 0.4) is 0 Å². The van der Waals surface area contributed by atoms with Gasteiger partial charge in [0.05, 0.1) is 5.69 Å². The third-order valence-electron chi connectivity index (χ3n) is 3.85. The predicted molar refractivity (Wildman–Crippen MR) is 86.4 cm³/mol. The summed E-state index contributed by atoms with van der Waals surface area (Å²) in [6.07, 6.45) is 3.05. The summed E-state index contributed by atoms with van der Waals surface area (Å²) in [5, 5.41) is 4.18. The van der Waals surface area contributed by atoms with Crippen molar-refractivity contribution in [2.75, 3.05) is 25.0 Å². The minimum atomic E-state index is 0.519. The molecular formula is C15H21N5S. The molecule has 0 aliphatic carbocycles. The summed E-state index contributed by atoms with van der Waals surface area (Å²) >= 11 is 1.64. The zero-order valence-electron chi connectivity index (χ0n) is 12.8. The first-order valence-electron chi connectivity index (χ1n) is 7.41. The second-order valence-electron chi connectivity index (χ2n) is 5.51. The van der Waals surface area contributed by atoms with Crippen LogP contribution in [0.5, 0.6) is 0 Å². The van der Waals surface area contributed by atoms with Gasteiger partial charge in [0.1, 0.15) is 11.6 Å². The first kappa shape index (κ1) is 14.4. The van der Waals surface area contributed by atoms with E-state index in [1.807, 2.05) is 13.1 Å². The third-order valence-corrected chi connectivity index (χ3v) is 4.68. The van der Waals surface area contributed by atoms with Crippen LogP contribution in [0.2, 0.25) is 0 Å². The molecule has 21 heavy (non-hydrogen) atoms. The van der Waals surface area contributed by atoms with Gasteiger partial charge < -0.3 is 10.2 Å². The maximum Gasteiger partial charge on any atom is 0.188 e. The molecule has 0 spiro atoms. The molecule has 0 radical (unpaired) electrons. The smallest absolute Gasteiger partial charge is 0.188 e. The molecule has 1 N–H and O–H groups in total. The molecule has 3 rings (SSSR count). The van der Waals surface area contributed by atoms with E-state index >= 15 is 0 Å². The van der Waals surface area contributed by atoms with Crippen molar-refractivity contribution < 1.29 is 0 Å². The Balaban J connectivity index is 1.79. The Labute approximate surface area is 129 Å². The van der Waals surface area contributed by atoms with E-state index in [0.29, 0.717) is 5.92 Å². The highest BCUT2D eigenvalue weighted by Crippen LogP contribution is 2.28. The summed E-state index contributed by atoms with van der Waals surface area (Å²) in [6, 6.07) is 2.08. The molecule has 0 amide bonds. The minimum Gasteiger partial charge on any atom is -0.316 e. The summed E-state index contributed by atoms with van der Waals surface area (Å²) in [7, 11) is 0. The van der Waals surface area contributed by atoms with E-state index in [9.17, 15) is 0 Å². The molecule has 0 saturated carbocycles. The van der Waals surface area contributed by atoms with E-state index in [0.717, 1.165) is 35.6 Å². The molecule has 0 unspecified atom stereocenters. The number of likely N-dealkylation sites (N-methyl/N-ethyl adjacent to an activating group) is 1. The Morgan fingerprint density at radius 2 is 2.24 bits per heavy atom. The average molecular weight is 303 g/mol. The van der Waals surface area contributed by atoms with Crippen LogP contribution in [0, 0.1) is 13.8 Å². The van der Waals surface area contributed by atoms with Gasteiger partial charge in [0.15, 0.2) is 5.13 Å². The standard InChI is InChI=1S/C15H21N5S/c1-4-20-6-5-12(9-20)13-7-14(18-11(3)17-13)19-15-16-8-10(2)21-15/h7-8,12H,4-6,9H2,1-3H3,(H,16,17,18,19)/t12-/m0/s1. The van der Waals surface area contributed by atoms with Crippen molar-refractivity contribution in [3.05, 3.63) is 28.7 Å². The lowest BCUT2D eigenvalue weighted by atomic mass is 10.0.